The fraction of sp³-hybridized carbons (Fsp3) is 0.0909. The van der Waals surface area contributed by atoms with E-state index in [2.05, 4.69) is 15.2 Å². The first-order valence-electron chi connectivity index (χ1n) is 4.88. The minimum atomic E-state index is -0.595. The molecule has 0 spiro atoms. The number of ether oxygens (including phenoxy) is 1. The number of methoxy groups -OCH3 is 1. The van der Waals surface area contributed by atoms with Gasteiger partial charge in [-0.25, -0.2) is 4.79 Å². The Labute approximate surface area is 97.3 Å². The van der Waals surface area contributed by atoms with E-state index < -0.39 is 5.97 Å². The lowest BCUT2D eigenvalue weighted by Crippen LogP contribution is -2.06. The molecule has 88 valence electrons. The topological polar surface area (TPSA) is 90.4 Å². The fourth-order valence-electron chi connectivity index (χ4n) is 1.35. The zero-order chi connectivity index (χ0) is 12.3. The van der Waals surface area contributed by atoms with Gasteiger partial charge in [-0.1, -0.05) is 23.4 Å². The third-order valence-electron chi connectivity index (χ3n) is 2.14. The molecular formula is C11H11N3O3. The maximum atomic E-state index is 11.5. The standard InChI is InChI=1S/C11H11N3O3/c1-16-11(15)8-9(12)17-14-10(8)13-7-5-3-2-4-6-7/h2-6H,12H2,1H3,(H,13,14). The molecule has 0 amide bonds. The van der Waals surface area contributed by atoms with Crippen LogP contribution in [-0.4, -0.2) is 18.2 Å². The summed E-state index contributed by atoms with van der Waals surface area (Å²) in [6.45, 7) is 0. The summed E-state index contributed by atoms with van der Waals surface area (Å²) in [4.78, 5) is 11.5. The minimum absolute atomic E-state index is 0.0738. The summed E-state index contributed by atoms with van der Waals surface area (Å²) in [6, 6.07) is 9.23. The highest BCUT2D eigenvalue weighted by atomic mass is 16.5. The van der Waals surface area contributed by atoms with Crippen LogP contribution in [0.3, 0.4) is 0 Å². The van der Waals surface area contributed by atoms with Gasteiger partial charge in [0, 0.05) is 5.69 Å². The number of anilines is 3. The van der Waals surface area contributed by atoms with Gasteiger partial charge in [-0.05, 0) is 12.1 Å². The van der Waals surface area contributed by atoms with Crippen molar-refractivity contribution < 1.29 is 14.1 Å². The van der Waals surface area contributed by atoms with Crippen LogP contribution in [-0.2, 0) is 4.74 Å². The minimum Gasteiger partial charge on any atom is -0.465 e. The number of benzene rings is 1. The highest BCUT2D eigenvalue weighted by molar-refractivity contribution is 5.99. The second-order valence-electron chi connectivity index (χ2n) is 3.25. The van der Waals surface area contributed by atoms with Gasteiger partial charge in [-0.15, -0.1) is 0 Å². The van der Waals surface area contributed by atoms with Crippen LogP contribution in [0.4, 0.5) is 17.4 Å². The van der Waals surface area contributed by atoms with Gasteiger partial charge >= 0.3 is 5.97 Å². The Bertz CT molecular complexity index is 522. The van der Waals surface area contributed by atoms with E-state index in [1.54, 1.807) is 0 Å². The quantitative estimate of drug-likeness (QED) is 0.785. The molecule has 0 saturated carbocycles. The summed E-state index contributed by atoms with van der Waals surface area (Å²) >= 11 is 0. The van der Waals surface area contributed by atoms with Gasteiger partial charge in [0.25, 0.3) is 0 Å². The zero-order valence-electron chi connectivity index (χ0n) is 9.14. The Hall–Kier alpha value is -2.50. The Morgan fingerprint density at radius 1 is 1.41 bits per heavy atom. The van der Waals surface area contributed by atoms with Crippen LogP contribution < -0.4 is 11.1 Å². The molecule has 0 radical (unpaired) electrons. The molecule has 0 bridgehead atoms. The molecule has 0 aliphatic heterocycles. The van der Waals surface area contributed by atoms with Gasteiger partial charge < -0.3 is 20.3 Å². The predicted octanol–water partition coefficient (Wildman–Crippen LogP) is 1.79. The van der Waals surface area contributed by atoms with Gasteiger partial charge in [-0.3, -0.25) is 0 Å². The fourth-order valence-corrected chi connectivity index (χ4v) is 1.35. The second-order valence-corrected chi connectivity index (χ2v) is 3.25. The summed E-state index contributed by atoms with van der Waals surface area (Å²) in [5.41, 5.74) is 6.36. The molecule has 0 fully saturated rings. The first kappa shape index (κ1) is 11.0. The van der Waals surface area contributed by atoms with E-state index in [1.807, 2.05) is 30.3 Å². The number of esters is 1. The third kappa shape index (κ3) is 2.20. The van der Waals surface area contributed by atoms with Crippen molar-refractivity contribution in [1.29, 1.82) is 0 Å². The van der Waals surface area contributed by atoms with Crippen LogP contribution in [0.2, 0.25) is 0 Å². The summed E-state index contributed by atoms with van der Waals surface area (Å²) in [5.74, 6) is -0.432. The number of nitrogens with two attached hydrogens (primary N) is 1. The van der Waals surface area contributed by atoms with Crippen LogP contribution >= 0.6 is 0 Å². The SMILES string of the molecule is COC(=O)c1c(Nc2ccccc2)noc1N. The number of rotatable bonds is 3. The molecule has 0 unspecified atom stereocenters. The van der Waals surface area contributed by atoms with Crippen molar-refractivity contribution in [2.75, 3.05) is 18.2 Å². The molecule has 0 atom stereocenters. The first-order chi connectivity index (χ1) is 8.22. The number of aromatic nitrogens is 1. The zero-order valence-corrected chi connectivity index (χ0v) is 9.14. The normalized spacial score (nSPS) is 9.94. The molecule has 2 rings (SSSR count). The largest absolute Gasteiger partial charge is 0.465 e. The molecule has 1 aromatic carbocycles. The molecular weight excluding hydrogens is 222 g/mol. The molecule has 3 N–H and O–H groups in total. The maximum absolute atomic E-state index is 11.5. The molecule has 6 nitrogen and oxygen atoms in total. The lowest BCUT2D eigenvalue weighted by Gasteiger charge is -2.03. The van der Waals surface area contributed by atoms with E-state index in [1.165, 1.54) is 7.11 Å². The van der Waals surface area contributed by atoms with Crippen LogP contribution in [0.5, 0.6) is 0 Å². The molecule has 0 aliphatic rings. The lowest BCUT2D eigenvalue weighted by atomic mass is 10.2. The average Bonchev–Trinajstić information content (AvgIpc) is 2.71. The molecule has 1 heterocycles. The summed E-state index contributed by atoms with van der Waals surface area (Å²) in [5, 5.41) is 6.59. The predicted molar refractivity (Wildman–Crippen MR) is 62.0 cm³/mol. The lowest BCUT2D eigenvalue weighted by molar-refractivity contribution is 0.0602. The molecule has 1 aromatic heterocycles. The third-order valence-corrected chi connectivity index (χ3v) is 2.14. The monoisotopic (exact) mass is 233 g/mol. The van der Waals surface area contributed by atoms with Crippen molar-refractivity contribution in [3.05, 3.63) is 35.9 Å². The van der Waals surface area contributed by atoms with Crippen molar-refractivity contribution in [1.82, 2.24) is 5.16 Å². The number of hydrogen-bond donors (Lipinski definition) is 2. The number of carbonyl (C=O) groups excluding carboxylic acids is 1. The Morgan fingerprint density at radius 3 is 2.76 bits per heavy atom. The molecule has 17 heavy (non-hydrogen) atoms. The molecule has 6 heteroatoms. The Balaban J connectivity index is 2.31. The van der Waals surface area contributed by atoms with Crippen molar-refractivity contribution in [2.45, 2.75) is 0 Å². The number of nitrogens with zero attached hydrogens (tertiary/aromatic N) is 1. The van der Waals surface area contributed by atoms with E-state index in [0.717, 1.165) is 5.69 Å². The summed E-state index contributed by atoms with van der Waals surface area (Å²) in [6.07, 6.45) is 0. The number of para-hydroxylation sites is 1. The van der Waals surface area contributed by atoms with Gasteiger partial charge in [0.1, 0.15) is 0 Å². The Morgan fingerprint density at radius 2 is 2.12 bits per heavy atom. The van der Waals surface area contributed by atoms with Gasteiger partial charge in [0.15, 0.2) is 11.4 Å². The van der Waals surface area contributed by atoms with E-state index in [9.17, 15) is 4.79 Å². The average molecular weight is 233 g/mol. The van der Waals surface area contributed by atoms with Crippen LogP contribution in [0.1, 0.15) is 10.4 Å². The van der Waals surface area contributed by atoms with E-state index in [-0.39, 0.29) is 17.3 Å². The van der Waals surface area contributed by atoms with Crippen LogP contribution in [0.15, 0.2) is 34.9 Å². The van der Waals surface area contributed by atoms with Crippen molar-refractivity contribution >= 4 is 23.4 Å². The Kier molecular flexibility index (Phi) is 2.95. The van der Waals surface area contributed by atoms with Crippen molar-refractivity contribution in [2.24, 2.45) is 0 Å². The van der Waals surface area contributed by atoms with Gasteiger partial charge in [0.2, 0.25) is 5.88 Å². The van der Waals surface area contributed by atoms with E-state index >= 15 is 0 Å². The highest BCUT2D eigenvalue weighted by Gasteiger charge is 2.21. The highest BCUT2D eigenvalue weighted by Crippen LogP contribution is 2.25. The number of hydrogen-bond acceptors (Lipinski definition) is 6. The molecule has 2 aromatic rings. The van der Waals surface area contributed by atoms with Crippen molar-refractivity contribution in [3.8, 4) is 0 Å². The van der Waals surface area contributed by atoms with Crippen LogP contribution in [0, 0.1) is 0 Å². The van der Waals surface area contributed by atoms with Crippen molar-refractivity contribution in [3.63, 3.8) is 0 Å². The molecule has 0 saturated heterocycles. The van der Waals surface area contributed by atoms with E-state index in [0.29, 0.717) is 0 Å². The van der Waals surface area contributed by atoms with Crippen LogP contribution in [0.25, 0.3) is 0 Å². The number of nitrogen functional groups attached to an aromatic ring is 1. The van der Waals surface area contributed by atoms with Gasteiger partial charge in [-0.2, -0.15) is 0 Å². The van der Waals surface area contributed by atoms with E-state index in [4.69, 9.17) is 10.3 Å². The summed E-state index contributed by atoms with van der Waals surface area (Å²) < 4.78 is 9.35. The smallest absolute Gasteiger partial charge is 0.347 e. The number of carbonyl (C=O) groups is 1. The first-order valence-corrected chi connectivity index (χ1v) is 4.88. The second kappa shape index (κ2) is 4.56. The number of nitrogens with one attached hydrogen (secondary N) is 1. The van der Waals surface area contributed by atoms with Gasteiger partial charge in [0.05, 0.1) is 7.11 Å². The summed E-state index contributed by atoms with van der Waals surface area (Å²) in [7, 11) is 1.26. The maximum Gasteiger partial charge on any atom is 0.347 e. The molecule has 0 aliphatic carbocycles.